The van der Waals surface area contributed by atoms with Gasteiger partial charge in [0.25, 0.3) is 0 Å². The van der Waals surface area contributed by atoms with Crippen LogP contribution in [0.4, 0.5) is 13.2 Å². The van der Waals surface area contributed by atoms with Crippen LogP contribution in [0.15, 0.2) is 60.8 Å². The Hall–Kier alpha value is -4.67. The van der Waals surface area contributed by atoms with Gasteiger partial charge in [0.2, 0.25) is 5.91 Å². The molecular weight excluding hydrogens is 525 g/mol. The van der Waals surface area contributed by atoms with Crippen LogP contribution in [0.3, 0.4) is 0 Å². The van der Waals surface area contributed by atoms with Gasteiger partial charge < -0.3 is 14.7 Å². The molecule has 0 atom stereocenters. The molecule has 11 heteroatoms. The molecule has 1 N–H and O–H groups in total. The summed E-state index contributed by atoms with van der Waals surface area (Å²) < 4.78 is 47.9. The fourth-order valence-corrected chi connectivity index (χ4v) is 4.74. The molecule has 0 unspecified atom stereocenters. The number of rotatable bonds is 6. The van der Waals surface area contributed by atoms with E-state index >= 15 is 0 Å². The summed E-state index contributed by atoms with van der Waals surface area (Å²) in [6.45, 7) is 4.93. The molecule has 5 rings (SSSR count). The Labute approximate surface area is 227 Å². The molecule has 0 saturated carbocycles. The van der Waals surface area contributed by atoms with E-state index in [1.807, 2.05) is 36.1 Å². The summed E-state index contributed by atoms with van der Waals surface area (Å²) in [6.07, 6.45) is -3.54. The molecule has 8 nitrogen and oxygen atoms in total. The standard InChI is InChI=1S/C29H25F3N4O4/c1-17-6-9-25(40-16-19-7-8-21-15-35(18(2)37)11-10-20(21)13-19)22(12-17)24-4-3-5-26(34-24)36-27(29(30,31)32)23(14-33-36)28(38)39/h3-9,12-14H,10-11,15-16H2,1-2H3,(H,38,39). The molecule has 2 aromatic carbocycles. The summed E-state index contributed by atoms with van der Waals surface area (Å²) in [6, 6.07) is 16.0. The average Bonchev–Trinajstić information content (AvgIpc) is 3.39. The normalized spacial score (nSPS) is 13.2. The zero-order valence-corrected chi connectivity index (χ0v) is 21.7. The Bertz CT molecular complexity index is 1610. The number of aromatic carboxylic acids is 1. The van der Waals surface area contributed by atoms with E-state index in [2.05, 4.69) is 16.1 Å². The van der Waals surface area contributed by atoms with Gasteiger partial charge >= 0.3 is 12.1 Å². The van der Waals surface area contributed by atoms with Gasteiger partial charge in [0.15, 0.2) is 11.5 Å². The van der Waals surface area contributed by atoms with Crippen molar-refractivity contribution < 1.29 is 32.6 Å². The van der Waals surface area contributed by atoms with E-state index < -0.39 is 23.4 Å². The molecule has 1 aliphatic rings. The number of aromatic nitrogens is 3. The molecule has 1 amide bonds. The summed E-state index contributed by atoms with van der Waals surface area (Å²) >= 11 is 0. The second kappa shape index (κ2) is 10.5. The van der Waals surface area contributed by atoms with Crippen molar-refractivity contribution in [2.24, 2.45) is 0 Å². The number of carbonyl (C=O) groups is 2. The van der Waals surface area contributed by atoms with Gasteiger partial charge in [0.1, 0.15) is 17.9 Å². The van der Waals surface area contributed by atoms with Crippen LogP contribution in [0.25, 0.3) is 17.1 Å². The second-order valence-electron chi connectivity index (χ2n) is 9.58. The lowest BCUT2D eigenvalue weighted by atomic mass is 9.97. The fourth-order valence-electron chi connectivity index (χ4n) is 4.74. The number of carboxylic acid groups (broad SMARTS) is 1. The number of carboxylic acids is 1. The molecule has 0 saturated heterocycles. The molecule has 1 aliphatic heterocycles. The number of hydrogen-bond donors (Lipinski definition) is 1. The highest BCUT2D eigenvalue weighted by molar-refractivity contribution is 5.89. The first-order chi connectivity index (χ1) is 19.0. The van der Waals surface area contributed by atoms with Crippen molar-refractivity contribution >= 4 is 11.9 Å². The van der Waals surface area contributed by atoms with Crippen LogP contribution < -0.4 is 4.74 Å². The summed E-state index contributed by atoms with van der Waals surface area (Å²) in [5, 5.41) is 12.9. The zero-order valence-electron chi connectivity index (χ0n) is 21.7. The molecule has 0 aliphatic carbocycles. The number of ether oxygens (including phenoxy) is 1. The van der Waals surface area contributed by atoms with Gasteiger partial charge in [0.05, 0.1) is 11.9 Å². The molecule has 40 heavy (non-hydrogen) atoms. The van der Waals surface area contributed by atoms with E-state index in [1.165, 1.54) is 12.1 Å². The number of hydrogen-bond acceptors (Lipinski definition) is 5. The number of pyridine rings is 1. The van der Waals surface area contributed by atoms with Crippen LogP contribution in [0, 0.1) is 6.92 Å². The first-order valence-electron chi connectivity index (χ1n) is 12.5. The van der Waals surface area contributed by atoms with Crippen molar-refractivity contribution in [3.05, 3.63) is 94.3 Å². The molecule has 0 spiro atoms. The van der Waals surface area contributed by atoms with E-state index in [0.717, 1.165) is 28.7 Å². The summed E-state index contributed by atoms with van der Waals surface area (Å²) in [5.74, 6) is -1.38. The number of halogens is 3. The number of benzene rings is 2. The third-order valence-corrected chi connectivity index (χ3v) is 6.75. The maximum absolute atomic E-state index is 13.8. The Morgan fingerprint density at radius 3 is 2.60 bits per heavy atom. The predicted octanol–water partition coefficient (Wildman–Crippen LogP) is 5.44. The maximum atomic E-state index is 13.8. The second-order valence-corrected chi connectivity index (χ2v) is 9.58. The largest absolute Gasteiger partial charge is 0.488 e. The van der Waals surface area contributed by atoms with Crippen LogP contribution in [-0.4, -0.2) is 43.2 Å². The topological polar surface area (TPSA) is 97.6 Å². The molecule has 4 aromatic rings. The Morgan fingerprint density at radius 2 is 1.88 bits per heavy atom. The minimum atomic E-state index is -4.96. The van der Waals surface area contributed by atoms with E-state index in [4.69, 9.17) is 4.74 Å². The first-order valence-corrected chi connectivity index (χ1v) is 12.5. The predicted molar refractivity (Wildman–Crippen MR) is 139 cm³/mol. The van der Waals surface area contributed by atoms with Gasteiger partial charge in [-0.1, -0.05) is 35.9 Å². The molecule has 0 radical (unpaired) electrons. The van der Waals surface area contributed by atoms with Crippen molar-refractivity contribution in [3.8, 4) is 22.8 Å². The van der Waals surface area contributed by atoms with Gasteiger partial charge in [-0.15, -0.1) is 0 Å². The van der Waals surface area contributed by atoms with Gasteiger partial charge in [-0.05, 0) is 54.3 Å². The molecule has 0 bridgehead atoms. The van der Waals surface area contributed by atoms with Crippen molar-refractivity contribution in [2.45, 2.75) is 39.6 Å². The van der Waals surface area contributed by atoms with E-state index in [-0.39, 0.29) is 18.3 Å². The van der Waals surface area contributed by atoms with Crippen LogP contribution in [0.5, 0.6) is 5.75 Å². The lowest BCUT2D eigenvalue weighted by Gasteiger charge is -2.28. The number of nitrogens with zero attached hydrogens (tertiary/aromatic N) is 4. The van der Waals surface area contributed by atoms with E-state index in [1.54, 1.807) is 19.1 Å². The van der Waals surface area contributed by atoms with Crippen LogP contribution in [0.2, 0.25) is 0 Å². The first kappa shape index (κ1) is 26.9. The fraction of sp³-hybridized carbons (Fsp3) is 0.241. The Balaban J connectivity index is 1.44. The molecule has 0 fully saturated rings. The molecule has 206 valence electrons. The van der Waals surface area contributed by atoms with Gasteiger partial charge in [0, 0.05) is 25.6 Å². The number of aryl methyl sites for hydroxylation is 1. The van der Waals surface area contributed by atoms with Gasteiger partial charge in [-0.3, -0.25) is 4.79 Å². The molecule has 3 heterocycles. The number of alkyl halides is 3. The quantitative estimate of drug-likeness (QED) is 0.343. The van der Waals surface area contributed by atoms with Crippen molar-refractivity contribution in [1.82, 2.24) is 19.7 Å². The van der Waals surface area contributed by atoms with E-state index in [0.29, 0.717) is 41.0 Å². The number of amides is 1. The Morgan fingerprint density at radius 1 is 1.07 bits per heavy atom. The lowest BCUT2D eigenvalue weighted by molar-refractivity contribution is -0.143. The minimum absolute atomic E-state index is 0.0483. The van der Waals surface area contributed by atoms with Crippen LogP contribution in [0.1, 0.15) is 45.2 Å². The number of fused-ring (bicyclic) bond motifs is 1. The highest BCUT2D eigenvalue weighted by atomic mass is 19.4. The maximum Gasteiger partial charge on any atom is 0.434 e. The minimum Gasteiger partial charge on any atom is -0.488 e. The highest BCUT2D eigenvalue weighted by Crippen LogP contribution is 2.35. The summed E-state index contributed by atoms with van der Waals surface area (Å²) in [7, 11) is 0. The van der Waals surface area contributed by atoms with Crippen LogP contribution in [-0.2, 0) is 30.5 Å². The third-order valence-electron chi connectivity index (χ3n) is 6.75. The Kier molecular flexibility index (Phi) is 7.05. The average molecular weight is 551 g/mol. The lowest BCUT2D eigenvalue weighted by Crippen LogP contribution is -2.34. The smallest absolute Gasteiger partial charge is 0.434 e. The zero-order chi connectivity index (χ0) is 28.6. The highest BCUT2D eigenvalue weighted by Gasteiger charge is 2.41. The van der Waals surface area contributed by atoms with Crippen molar-refractivity contribution in [3.63, 3.8) is 0 Å². The van der Waals surface area contributed by atoms with E-state index in [9.17, 15) is 27.9 Å². The SMILES string of the molecule is CC(=O)N1CCc2cc(COc3ccc(C)cc3-c3cccc(-n4ncc(C(=O)O)c4C(F)(F)F)n3)ccc2C1. The van der Waals surface area contributed by atoms with Gasteiger partial charge in [-0.25, -0.2) is 14.5 Å². The monoisotopic (exact) mass is 550 g/mol. The van der Waals surface area contributed by atoms with Crippen LogP contribution >= 0.6 is 0 Å². The number of carbonyl (C=O) groups excluding carboxylic acids is 1. The van der Waals surface area contributed by atoms with Crippen molar-refractivity contribution in [1.29, 1.82) is 0 Å². The summed E-state index contributed by atoms with van der Waals surface area (Å²) in [4.78, 5) is 29.3. The van der Waals surface area contributed by atoms with Gasteiger partial charge in [-0.2, -0.15) is 18.3 Å². The molecular formula is C29H25F3N4O4. The van der Waals surface area contributed by atoms with Crippen molar-refractivity contribution in [2.75, 3.05) is 6.54 Å². The summed E-state index contributed by atoms with van der Waals surface area (Å²) in [5.41, 5.74) is 2.63. The molecule has 2 aromatic heterocycles. The third kappa shape index (κ3) is 5.40.